The monoisotopic (exact) mass is 332 g/mol. The van der Waals surface area contributed by atoms with E-state index in [2.05, 4.69) is 83.4 Å². The van der Waals surface area contributed by atoms with Gasteiger partial charge in [-0.15, -0.1) is 0 Å². The smallest absolute Gasteiger partial charge is 0.0619 e. The Morgan fingerprint density at radius 3 is 2.15 bits per heavy atom. The van der Waals surface area contributed by atoms with Gasteiger partial charge in [-0.1, -0.05) is 60.7 Å². The Labute approximate surface area is 151 Å². The van der Waals surface area contributed by atoms with Crippen molar-refractivity contribution in [3.8, 4) is 27.9 Å². The van der Waals surface area contributed by atoms with Crippen LogP contribution in [0.2, 0.25) is 0 Å². The van der Waals surface area contributed by atoms with Crippen LogP contribution in [0.25, 0.3) is 49.7 Å². The molecule has 0 amide bonds. The molecule has 122 valence electrons. The van der Waals surface area contributed by atoms with Crippen LogP contribution in [0.1, 0.15) is 0 Å². The first-order chi connectivity index (χ1) is 12.8. The van der Waals surface area contributed by atoms with Gasteiger partial charge in [0.05, 0.1) is 16.7 Å². The molecule has 1 aromatic heterocycles. The lowest BCUT2D eigenvalue weighted by Gasteiger charge is -2.13. The first-order valence-corrected chi connectivity index (χ1v) is 8.85. The zero-order valence-electron chi connectivity index (χ0n) is 14.1. The minimum atomic E-state index is 0.789. The van der Waals surface area contributed by atoms with E-state index in [0.717, 1.165) is 5.69 Å². The van der Waals surface area contributed by atoms with Gasteiger partial charge < -0.3 is 10.3 Å². The maximum atomic E-state index is 6.17. The number of rotatable bonds is 0. The average Bonchev–Trinajstić information content (AvgIpc) is 2.96. The molecule has 2 heteroatoms. The Morgan fingerprint density at radius 2 is 1.27 bits per heavy atom. The van der Waals surface area contributed by atoms with E-state index >= 15 is 0 Å². The summed E-state index contributed by atoms with van der Waals surface area (Å²) >= 11 is 0. The van der Waals surface area contributed by atoms with Crippen LogP contribution in [-0.2, 0) is 0 Å². The molecular formula is C24H16N2. The number of nitrogens with zero attached hydrogens (tertiary/aromatic N) is 1. The maximum Gasteiger partial charge on any atom is 0.0619 e. The number of anilines is 1. The topological polar surface area (TPSA) is 30.9 Å². The molecule has 4 aromatic carbocycles. The molecule has 2 N–H and O–H groups in total. The molecule has 0 atom stereocenters. The lowest BCUT2D eigenvalue weighted by Crippen LogP contribution is -1.97. The van der Waals surface area contributed by atoms with Gasteiger partial charge in [0, 0.05) is 27.6 Å². The predicted octanol–water partition coefficient (Wildman–Crippen LogP) is 6.01. The van der Waals surface area contributed by atoms with Crippen molar-refractivity contribution in [1.29, 1.82) is 0 Å². The summed E-state index contributed by atoms with van der Waals surface area (Å²) in [4.78, 5) is 0. The van der Waals surface area contributed by atoms with Crippen molar-refractivity contribution in [2.45, 2.75) is 0 Å². The van der Waals surface area contributed by atoms with E-state index in [9.17, 15) is 0 Å². The number of benzene rings is 4. The van der Waals surface area contributed by atoms with Crippen molar-refractivity contribution < 1.29 is 0 Å². The summed E-state index contributed by atoms with van der Waals surface area (Å²) < 4.78 is 2.40. The molecule has 6 rings (SSSR count). The fourth-order valence-corrected chi connectivity index (χ4v) is 4.40. The average molecular weight is 332 g/mol. The second-order valence-corrected chi connectivity index (χ2v) is 6.88. The molecule has 1 aliphatic heterocycles. The number of nitrogens with two attached hydrogens (primary N) is 1. The molecule has 0 radical (unpaired) electrons. The standard InChI is InChI=1S/C24H16N2/c25-15-12-13-23-21(14-15)17-7-2-1-6-16(17)19-9-5-10-20-18-8-3-4-11-22(18)26(23)24(19)20/h1-14H,25H2. The third kappa shape index (κ3) is 1.61. The molecule has 0 fully saturated rings. The van der Waals surface area contributed by atoms with Gasteiger partial charge in [-0.3, -0.25) is 0 Å². The van der Waals surface area contributed by atoms with Crippen molar-refractivity contribution in [3.05, 3.63) is 84.9 Å². The van der Waals surface area contributed by atoms with E-state index in [1.807, 2.05) is 6.07 Å². The van der Waals surface area contributed by atoms with Crippen molar-refractivity contribution in [3.63, 3.8) is 0 Å². The van der Waals surface area contributed by atoms with E-state index in [1.165, 1.54) is 49.7 Å². The number of aromatic nitrogens is 1. The van der Waals surface area contributed by atoms with Gasteiger partial charge in [0.25, 0.3) is 0 Å². The van der Waals surface area contributed by atoms with Crippen LogP contribution < -0.4 is 5.73 Å². The number of hydrogen-bond acceptors (Lipinski definition) is 1. The highest BCUT2D eigenvalue weighted by molar-refractivity contribution is 6.16. The van der Waals surface area contributed by atoms with Gasteiger partial charge in [-0.25, -0.2) is 0 Å². The van der Waals surface area contributed by atoms with E-state index in [1.54, 1.807) is 0 Å². The Morgan fingerprint density at radius 1 is 0.577 bits per heavy atom. The summed E-state index contributed by atoms with van der Waals surface area (Å²) in [5, 5.41) is 2.57. The fourth-order valence-electron chi connectivity index (χ4n) is 4.40. The highest BCUT2D eigenvalue weighted by atomic mass is 15.0. The molecule has 2 nitrogen and oxygen atoms in total. The first-order valence-electron chi connectivity index (χ1n) is 8.85. The van der Waals surface area contributed by atoms with Crippen LogP contribution in [-0.4, -0.2) is 4.57 Å². The zero-order valence-corrected chi connectivity index (χ0v) is 14.1. The maximum absolute atomic E-state index is 6.17. The van der Waals surface area contributed by atoms with Gasteiger partial charge >= 0.3 is 0 Å². The van der Waals surface area contributed by atoms with Gasteiger partial charge in [-0.05, 0) is 35.4 Å². The van der Waals surface area contributed by atoms with Crippen LogP contribution in [0.3, 0.4) is 0 Å². The molecule has 0 spiro atoms. The Hall–Kier alpha value is -3.52. The van der Waals surface area contributed by atoms with Gasteiger partial charge in [0.2, 0.25) is 0 Å². The molecule has 26 heavy (non-hydrogen) atoms. The summed E-state index contributed by atoms with van der Waals surface area (Å²) in [6.07, 6.45) is 0. The first kappa shape index (κ1) is 13.7. The number of hydrogen-bond donors (Lipinski definition) is 1. The molecule has 0 unspecified atom stereocenters. The fraction of sp³-hybridized carbons (Fsp3) is 0. The van der Waals surface area contributed by atoms with Gasteiger partial charge in [0.15, 0.2) is 0 Å². The minimum absolute atomic E-state index is 0.789. The van der Waals surface area contributed by atoms with Crippen LogP contribution in [0.4, 0.5) is 5.69 Å². The van der Waals surface area contributed by atoms with E-state index in [4.69, 9.17) is 5.73 Å². The molecule has 0 bridgehead atoms. The van der Waals surface area contributed by atoms with E-state index in [0.29, 0.717) is 0 Å². The highest BCUT2D eigenvalue weighted by Gasteiger charge is 2.23. The van der Waals surface area contributed by atoms with Crippen molar-refractivity contribution in [2.24, 2.45) is 0 Å². The quantitative estimate of drug-likeness (QED) is 0.339. The third-order valence-electron chi connectivity index (χ3n) is 5.46. The zero-order chi connectivity index (χ0) is 17.3. The number of para-hydroxylation sites is 2. The highest BCUT2D eigenvalue weighted by Crippen LogP contribution is 2.46. The third-order valence-corrected chi connectivity index (χ3v) is 5.46. The summed E-state index contributed by atoms with van der Waals surface area (Å²) in [7, 11) is 0. The Bertz CT molecular complexity index is 1340. The van der Waals surface area contributed by atoms with Crippen molar-refractivity contribution in [1.82, 2.24) is 4.57 Å². The molecule has 0 aliphatic carbocycles. The molecule has 0 saturated heterocycles. The summed E-state index contributed by atoms with van der Waals surface area (Å²) in [6, 6.07) is 30.1. The molecule has 2 heterocycles. The Balaban J connectivity index is 1.97. The normalized spacial score (nSPS) is 12.0. The van der Waals surface area contributed by atoms with Crippen molar-refractivity contribution >= 4 is 27.5 Å². The lowest BCUT2D eigenvalue weighted by molar-refractivity contribution is 1.19. The van der Waals surface area contributed by atoms with Crippen LogP contribution in [0.15, 0.2) is 84.9 Å². The van der Waals surface area contributed by atoms with E-state index in [-0.39, 0.29) is 0 Å². The van der Waals surface area contributed by atoms with Crippen LogP contribution in [0, 0.1) is 0 Å². The molecule has 0 saturated carbocycles. The Kier molecular flexibility index (Phi) is 2.52. The number of fused-ring (bicyclic) bond motifs is 8. The molecular weight excluding hydrogens is 316 g/mol. The summed E-state index contributed by atoms with van der Waals surface area (Å²) in [6.45, 7) is 0. The van der Waals surface area contributed by atoms with Gasteiger partial charge in [-0.2, -0.15) is 0 Å². The number of nitrogen functional groups attached to an aromatic ring is 1. The largest absolute Gasteiger partial charge is 0.399 e. The SMILES string of the molecule is Nc1ccc2c(c1)-c1ccccc1-c1cccc3c4ccccc4n-2c13. The van der Waals surface area contributed by atoms with Crippen LogP contribution >= 0.6 is 0 Å². The van der Waals surface area contributed by atoms with Crippen molar-refractivity contribution in [2.75, 3.05) is 5.73 Å². The predicted molar refractivity (Wildman–Crippen MR) is 110 cm³/mol. The molecule has 5 aromatic rings. The van der Waals surface area contributed by atoms with E-state index < -0.39 is 0 Å². The molecule has 1 aliphatic rings. The second kappa shape index (κ2) is 4.77. The minimum Gasteiger partial charge on any atom is -0.399 e. The summed E-state index contributed by atoms with van der Waals surface area (Å²) in [5.41, 5.74) is 15.6. The summed E-state index contributed by atoms with van der Waals surface area (Å²) in [5.74, 6) is 0. The van der Waals surface area contributed by atoms with Crippen LogP contribution in [0.5, 0.6) is 0 Å². The second-order valence-electron chi connectivity index (χ2n) is 6.88. The lowest BCUT2D eigenvalue weighted by atomic mass is 9.93. The van der Waals surface area contributed by atoms with Gasteiger partial charge in [0.1, 0.15) is 0 Å².